The van der Waals surface area contributed by atoms with Crippen LogP contribution in [0.25, 0.3) is 11.3 Å². The zero-order valence-electron chi connectivity index (χ0n) is 7.69. The number of aromatic amines is 1. The van der Waals surface area contributed by atoms with Gasteiger partial charge in [-0.05, 0) is 18.6 Å². The summed E-state index contributed by atoms with van der Waals surface area (Å²) in [6.07, 6.45) is 4.81. The number of nitrogens with one attached hydrogen (secondary N) is 1. The molecule has 0 unspecified atom stereocenters. The van der Waals surface area contributed by atoms with Crippen LogP contribution in [0, 0.1) is 6.92 Å². The van der Waals surface area contributed by atoms with Gasteiger partial charge in [0.2, 0.25) is 0 Å². The lowest BCUT2D eigenvalue weighted by Gasteiger charge is -2.01. The zero-order chi connectivity index (χ0) is 9.97. The van der Waals surface area contributed by atoms with E-state index in [0.29, 0.717) is 5.69 Å². The molecular weight excluding hydrogens is 178 g/mol. The topological polar surface area (TPSA) is 58.6 Å². The molecule has 0 radical (unpaired) electrons. The Kier molecular flexibility index (Phi) is 2.10. The summed E-state index contributed by atoms with van der Waals surface area (Å²) in [7, 11) is 0. The van der Waals surface area contributed by atoms with Crippen molar-refractivity contribution in [2.45, 2.75) is 6.92 Å². The molecule has 0 atom stereocenters. The second-order valence-corrected chi connectivity index (χ2v) is 2.99. The third-order valence-electron chi connectivity index (χ3n) is 1.99. The zero-order valence-corrected chi connectivity index (χ0v) is 7.69. The summed E-state index contributed by atoms with van der Waals surface area (Å²) in [5.74, 6) is 0. The fourth-order valence-electron chi connectivity index (χ4n) is 1.25. The van der Waals surface area contributed by atoms with Crippen LogP contribution in [-0.2, 0) is 0 Å². The molecular formula is C10H9N3O. The van der Waals surface area contributed by atoms with Crippen LogP contribution >= 0.6 is 0 Å². The second kappa shape index (κ2) is 3.41. The van der Waals surface area contributed by atoms with Gasteiger partial charge in [0.15, 0.2) is 0 Å². The van der Waals surface area contributed by atoms with Gasteiger partial charge in [0.05, 0.1) is 12.0 Å². The van der Waals surface area contributed by atoms with Gasteiger partial charge in [-0.25, -0.2) is 4.98 Å². The van der Waals surface area contributed by atoms with Gasteiger partial charge in [0.1, 0.15) is 0 Å². The van der Waals surface area contributed by atoms with Crippen molar-refractivity contribution in [1.82, 2.24) is 15.0 Å². The predicted molar refractivity (Wildman–Crippen MR) is 52.8 cm³/mol. The van der Waals surface area contributed by atoms with E-state index in [4.69, 9.17) is 0 Å². The van der Waals surface area contributed by atoms with Crippen LogP contribution in [0.3, 0.4) is 0 Å². The molecule has 4 heteroatoms. The maximum Gasteiger partial charge on any atom is 0.251 e. The number of aromatic nitrogens is 3. The molecule has 0 aliphatic rings. The van der Waals surface area contributed by atoms with Crippen LogP contribution in [0.15, 0.2) is 35.6 Å². The minimum Gasteiger partial charge on any atom is -0.313 e. The Labute approximate surface area is 80.7 Å². The number of nitrogens with zero attached hydrogens (tertiary/aromatic N) is 2. The molecule has 1 N–H and O–H groups in total. The van der Waals surface area contributed by atoms with Crippen LogP contribution in [0.2, 0.25) is 0 Å². The average molecular weight is 187 g/mol. The monoisotopic (exact) mass is 187 g/mol. The van der Waals surface area contributed by atoms with E-state index >= 15 is 0 Å². The minimum atomic E-state index is -0.154. The van der Waals surface area contributed by atoms with E-state index in [0.717, 1.165) is 11.1 Å². The van der Waals surface area contributed by atoms with E-state index in [1.807, 2.05) is 13.0 Å². The number of rotatable bonds is 1. The Morgan fingerprint density at radius 2 is 2.29 bits per heavy atom. The van der Waals surface area contributed by atoms with Gasteiger partial charge in [-0.15, -0.1) is 0 Å². The van der Waals surface area contributed by atoms with Crippen molar-refractivity contribution in [3.8, 4) is 11.3 Å². The summed E-state index contributed by atoms with van der Waals surface area (Å²) in [6, 6.07) is 3.35. The third kappa shape index (κ3) is 1.54. The van der Waals surface area contributed by atoms with Gasteiger partial charge in [-0.3, -0.25) is 9.78 Å². The summed E-state index contributed by atoms with van der Waals surface area (Å²) in [5, 5.41) is 0. The Morgan fingerprint density at radius 1 is 1.43 bits per heavy atom. The largest absolute Gasteiger partial charge is 0.313 e. The molecule has 0 aromatic carbocycles. The molecule has 0 saturated heterocycles. The van der Waals surface area contributed by atoms with E-state index in [1.54, 1.807) is 12.4 Å². The lowest BCUT2D eigenvalue weighted by Crippen LogP contribution is -2.04. The first-order valence-corrected chi connectivity index (χ1v) is 4.23. The summed E-state index contributed by atoms with van der Waals surface area (Å²) in [5.41, 5.74) is 2.44. The maximum atomic E-state index is 11.1. The minimum absolute atomic E-state index is 0.154. The van der Waals surface area contributed by atoms with Gasteiger partial charge < -0.3 is 4.98 Å². The molecule has 0 fully saturated rings. The molecule has 70 valence electrons. The van der Waals surface area contributed by atoms with Crippen LogP contribution in [0.1, 0.15) is 5.56 Å². The lowest BCUT2D eigenvalue weighted by atomic mass is 10.1. The van der Waals surface area contributed by atoms with Crippen molar-refractivity contribution >= 4 is 0 Å². The van der Waals surface area contributed by atoms with Crippen molar-refractivity contribution in [2.24, 2.45) is 0 Å². The van der Waals surface area contributed by atoms with E-state index in [1.165, 1.54) is 12.4 Å². The van der Waals surface area contributed by atoms with Crippen molar-refractivity contribution in [3.63, 3.8) is 0 Å². The van der Waals surface area contributed by atoms with Crippen LogP contribution in [-0.4, -0.2) is 15.0 Å². The Morgan fingerprint density at radius 3 is 3.00 bits per heavy atom. The molecule has 0 spiro atoms. The highest BCUT2D eigenvalue weighted by atomic mass is 16.1. The first-order valence-electron chi connectivity index (χ1n) is 4.23. The normalized spacial score (nSPS) is 10.1. The quantitative estimate of drug-likeness (QED) is 0.728. The lowest BCUT2D eigenvalue weighted by molar-refractivity contribution is 1.11. The fraction of sp³-hybridized carbons (Fsp3) is 0.100. The van der Waals surface area contributed by atoms with Crippen LogP contribution in [0.5, 0.6) is 0 Å². The van der Waals surface area contributed by atoms with Crippen LogP contribution in [0.4, 0.5) is 0 Å². The molecule has 2 heterocycles. The number of hydrogen-bond acceptors (Lipinski definition) is 3. The first-order chi connectivity index (χ1) is 6.77. The Hall–Kier alpha value is -1.97. The molecule has 0 aliphatic heterocycles. The van der Waals surface area contributed by atoms with E-state index in [-0.39, 0.29) is 5.56 Å². The van der Waals surface area contributed by atoms with Gasteiger partial charge in [-0.2, -0.15) is 0 Å². The Bertz CT molecular complexity index is 504. The highest BCUT2D eigenvalue weighted by Gasteiger charge is 2.02. The highest BCUT2D eigenvalue weighted by molar-refractivity contribution is 5.61. The summed E-state index contributed by atoms with van der Waals surface area (Å²) in [6.45, 7) is 1.96. The third-order valence-corrected chi connectivity index (χ3v) is 1.99. The Balaban J connectivity index is 2.61. The molecule has 2 rings (SSSR count). The highest BCUT2D eigenvalue weighted by Crippen LogP contribution is 2.17. The maximum absolute atomic E-state index is 11.1. The second-order valence-electron chi connectivity index (χ2n) is 2.99. The molecule has 0 aliphatic carbocycles. The summed E-state index contributed by atoms with van der Waals surface area (Å²) in [4.78, 5) is 21.6. The number of H-pyrrole nitrogens is 1. The van der Waals surface area contributed by atoms with Crippen molar-refractivity contribution in [3.05, 3.63) is 46.8 Å². The van der Waals surface area contributed by atoms with E-state index in [9.17, 15) is 4.79 Å². The molecule has 2 aromatic heterocycles. The molecule has 2 aromatic rings. The molecule has 0 amide bonds. The van der Waals surface area contributed by atoms with Crippen molar-refractivity contribution in [2.75, 3.05) is 0 Å². The van der Waals surface area contributed by atoms with Crippen LogP contribution < -0.4 is 5.56 Å². The number of hydrogen-bond donors (Lipinski definition) is 1. The summed E-state index contributed by atoms with van der Waals surface area (Å²) >= 11 is 0. The van der Waals surface area contributed by atoms with E-state index in [2.05, 4.69) is 15.0 Å². The van der Waals surface area contributed by atoms with E-state index < -0.39 is 0 Å². The summed E-state index contributed by atoms with van der Waals surface area (Å²) < 4.78 is 0. The molecule has 14 heavy (non-hydrogen) atoms. The van der Waals surface area contributed by atoms with Crippen molar-refractivity contribution in [1.29, 1.82) is 0 Å². The fourth-order valence-corrected chi connectivity index (χ4v) is 1.25. The number of pyridine rings is 1. The molecule has 0 bridgehead atoms. The number of aryl methyl sites for hydroxylation is 1. The first kappa shape index (κ1) is 8.62. The smallest absolute Gasteiger partial charge is 0.251 e. The standard InChI is InChI=1S/C10H9N3O/c1-7-2-3-11-5-8(7)9-4-10(14)13-6-12-9/h2-6H,1H3,(H,12,13,14). The average Bonchev–Trinajstić information content (AvgIpc) is 2.18. The predicted octanol–water partition coefficient (Wildman–Crippen LogP) is 1.14. The molecule has 4 nitrogen and oxygen atoms in total. The van der Waals surface area contributed by atoms with Crippen molar-refractivity contribution < 1.29 is 0 Å². The van der Waals surface area contributed by atoms with Gasteiger partial charge >= 0.3 is 0 Å². The van der Waals surface area contributed by atoms with Gasteiger partial charge in [0.25, 0.3) is 5.56 Å². The SMILES string of the molecule is Cc1ccncc1-c1cc(=O)[nH]cn1. The van der Waals surface area contributed by atoms with Gasteiger partial charge in [-0.1, -0.05) is 0 Å². The molecule has 0 saturated carbocycles. The van der Waals surface area contributed by atoms with Gasteiger partial charge in [0, 0.05) is 24.0 Å².